The maximum Gasteiger partial charge on any atom is 0.243 e. The van der Waals surface area contributed by atoms with E-state index in [1.165, 1.54) is 15.9 Å². The predicted octanol–water partition coefficient (Wildman–Crippen LogP) is 3.70. The Hall–Kier alpha value is -2.56. The van der Waals surface area contributed by atoms with Gasteiger partial charge in [0, 0.05) is 23.7 Å². The molecule has 1 aliphatic rings. The molecule has 9 heteroatoms. The van der Waals surface area contributed by atoms with Gasteiger partial charge in [0.2, 0.25) is 15.9 Å². The highest BCUT2D eigenvalue weighted by atomic mass is 32.2. The van der Waals surface area contributed by atoms with Crippen molar-refractivity contribution in [2.45, 2.75) is 24.8 Å². The first-order valence-electron chi connectivity index (χ1n) is 11.2. The van der Waals surface area contributed by atoms with Crippen molar-refractivity contribution in [1.82, 2.24) is 9.62 Å². The number of sulfonamides is 1. The van der Waals surface area contributed by atoms with E-state index in [1.54, 1.807) is 23.5 Å². The van der Waals surface area contributed by atoms with Gasteiger partial charge in [0.15, 0.2) is 0 Å². The van der Waals surface area contributed by atoms with Crippen LogP contribution in [0.5, 0.6) is 0 Å². The highest BCUT2D eigenvalue weighted by molar-refractivity contribution is 7.89. The summed E-state index contributed by atoms with van der Waals surface area (Å²) in [6.45, 7) is 5.38. The molecule has 0 bridgehead atoms. The zero-order valence-electron chi connectivity index (χ0n) is 19.3. The average Bonchev–Trinajstić information content (AvgIpc) is 3.37. The Kier molecular flexibility index (Phi) is 7.80. The van der Waals surface area contributed by atoms with Gasteiger partial charge in [-0.25, -0.2) is 8.42 Å². The molecule has 2 aromatic carbocycles. The maximum atomic E-state index is 13.0. The van der Waals surface area contributed by atoms with Gasteiger partial charge in [-0.05, 0) is 48.6 Å². The summed E-state index contributed by atoms with van der Waals surface area (Å²) in [5, 5.41) is 8.25. The average molecular weight is 500 g/mol. The number of amides is 1. The molecule has 0 radical (unpaired) electrons. The fraction of sp³-hybridized carbons (Fsp3) is 0.320. The van der Waals surface area contributed by atoms with Gasteiger partial charge in [0.1, 0.15) is 0 Å². The van der Waals surface area contributed by atoms with Gasteiger partial charge in [-0.1, -0.05) is 42.0 Å². The van der Waals surface area contributed by atoms with E-state index in [0.29, 0.717) is 32.0 Å². The second-order valence-electron chi connectivity index (χ2n) is 8.28. The van der Waals surface area contributed by atoms with E-state index in [9.17, 15) is 13.2 Å². The lowest BCUT2D eigenvalue weighted by atomic mass is 10.0. The summed E-state index contributed by atoms with van der Waals surface area (Å²) in [5.74, 6) is -0.238. The molecule has 0 saturated carbocycles. The Morgan fingerprint density at radius 3 is 2.50 bits per heavy atom. The molecule has 1 atom stereocenters. The molecular weight excluding hydrogens is 470 g/mol. The van der Waals surface area contributed by atoms with Crippen molar-refractivity contribution in [3.05, 3.63) is 81.5 Å². The molecule has 1 amide bonds. The summed E-state index contributed by atoms with van der Waals surface area (Å²) in [6.07, 6.45) is 0. The van der Waals surface area contributed by atoms with Gasteiger partial charge < -0.3 is 10.1 Å². The number of hydrogen-bond acceptors (Lipinski definition) is 6. The van der Waals surface area contributed by atoms with E-state index >= 15 is 0 Å². The van der Waals surface area contributed by atoms with E-state index in [4.69, 9.17) is 4.74 Å². The first-order valence-corrected chi connectivity index (χ1v) is 13.5. The Labute approximate surface area is 204 Å². The van der Waals surface area contributed by atoms with Crippen LogP contribution in [0.15, 0.2) is 64.9 Å². The third-order valence-electron chi connectivity index (χ3n) is 5.80. The summed E-state index contributed by atoms with van der Waals surface area (Å²) in [4.78, 5) is 14.1. The fourth-order valence-corrected chi connectivity index (χ4v) is 6.08. The highest BCUT2D eigenvalue weighted by Gasteiger charge is 2.27. The van der Waals surface area contributed by atoms with Crippen molar-refractivity contribution >= 4 is 33.0 Å². The molecule has 4 rings (SSSR count). The molecule has 1 aliphatic heterocycles. The van der Waals surface area contributed by atoms with Crippen LogP contribution < -0.4 is 10.6 Å². The van der Waals surface area contributed by atoms with Gasteiger partial charge in [-0.3, -0.25) is 10.1 Å². The zero-order valence-corrected chi connectivity index (χ0v) is 20.9. The molecule has 3 aromatic rings. The van der Waals surface area contributed by atoms with Crippen molar-refractivity contribution in [2.24, 2.45) is 0 Å². The van der Waals surface area contributed by atoms with E-state index in [-0.39, 0.29) is 23.4 Å². The molecule has 1 aromatic heterocycles. The van der Waals surface area contributed by atoms with Crippen LogP contribution in [0.3, 0.4) is 0 Å². The first kappa shape index (κ1) is 24.6. The van der Waals surface area contributed by atoms with Gasteiger partial charge >= 0.3 is 0 Å². The third-order valence-corrected chi connectivity index (χ3v) is 8.63. The van der Waals surface area contributed by atoms with Gasteiger partial charge in [-0.2, -0.15) is 4.31 Å². The molecule has 0 spiro atoms. The number of thiophene rings is 1. The standard InChI is InChI=1S/C25H29N3O4S2/c1-18-5-8-20(9-6-18)25(23-4-3-15-33-23)26-17-24(29)27-22-16-21(10-7-19(22)2)34(30,31)28-11-13-32-14-12-28/h3-10,15-16,25-26H,11-14,17H2,1-2H3,(H,27,29)/t25-/m0/s1. The number of morpholine rings is 1. The summed E-state index contributed by atoms with van der Waals surface area (Å²) >= 11 is 1.63. The summed E-state index contributed by atoms with van der Waals surface area (Å²) in [5.41, 5.74) is 3.54. The van der Waals surface area contributed by atoms with E-state index in [2.05, 4.69) is 34.9 Å². The fourth-order valence-electron chi connectivity index (χ4n) is 3.82. The van der Waals surface area contributed by atoms with Crippen molar-refractivity contribution in [2.75, 3.05) is 38.2 Å². The molecule has 1 fully saturated rings. The molecule has 1 saturated heterocycles. The summed E-state index contributed by atoms with van der Waals surface area (Å²) in [6, 6.07) is 17.0. The minimum Gasteiger partial charge on any atom is -0.379 e. The van der Waals surface area contributed by atoms with Gasteiger partial charge in [0.05, 0.1) is 30.7 Å². The van der Waals surface area contributed by atoms with Crippen LogP contribution in [0.25, 0.3) is 0 Å². The first-order chi connectivity index (χ1) is 16.3. The van der Waals surface area contributed by atoms with Crippen LogP contribution in [0.2, 0.25) is 0 Å². The minimum atomic E-state index is -3.64. The van der Waals surface area contributed by atoms with Gasteiger partial charge in [-0.15, -0.1) is 11.3 Å². The number of nitrogens with one attached hydrogen (secondary N) is 2. The van der Waals surface area contributed by atoms with Crippen molar-refractivity contribution < 1.29 is 17.9 Å². The summed E-state index contributed by atoms with van der Waals surface area (Å²) in [7, 11) is -3.64. The number of hydrogen-bond donors (Lipinski definition) is 2. The molecular formula is C25H29N3O4S2. The lowest BCUT2D eigenvalue weighted by molar-refractivity contribution is -0.115. The monoisotopic (exact) mass is 499 g/mol. The summed E-state index contributed by atoms with van der Waals surface area (Å²) < 4.78 is 32.7. The molecule has 180 valence electrons. The van der Waals surface area contributed by atoms with Crippen LogP contribution in [-0.4, -0.2) is 51.5 Å². The lowest BCUT2D eigenvalue weighted by Gasteiger charge is -2.26. The molecule has 34 heavy (non-hydrogen) atoms. The van der Waals surface area contributed by atoms with Crippen LogP contribution in [0, 0.1) is 13.8 Å². The van der Waals surface area contributed by atoms with Crippen LogP contribution in [0.1, 0.15) is 27.6 Å². The lowest BCUT2D eigenvalue weighted by Crippen LogP contribution is -2.40. The Morgan fingerprint density at radius 2 is 1.82 bits per heavy atom. The zero-order chi connectivity index (χ0) is 24.1. The van der Waals surface area contributed by atoms with E-state index in [0.717, 1.165) is 16.0 Å². The quantitative estimate of drug-likeness (QED) is 0.494. The molecule has 2 N–H and O–H groups in total. The highest BCUT2D eigenvalue weighted by Crippen LogP contribution is 2.27. The Balaban J connectivity index is 1.47. The van der Waals surface area contributed by atoms with E-state index < -0.39 is 10.0 Å². The third kappa shape index (κ3) is 5.73. The minimum absolute atomic E-state index is 0.0797. The number of rotatable bonds is 8. The topological polar surface area (TPSA) is 87.7 Å². The predicted molar refractivity (Wildman–Crippen MR) is 135 cm³/mol. The molecule has 2 heterocycles. The second kappa shape index (κ2) is 10.8. The van der Waals surface area contributed by atoms with Crippen LogP contribution in [-0.2, 0) is 19.6 Å². The SMILES string of the molecule is Cc1ccc([C@H](NCC(=O)Nc2cc(S(=O)(=O)N3CCOCC3)ccc2C)c2cccs2)cc1. The smallest absolute Gasteiger partial charge is 0.243 e. The molecule has 0 unspecified atom stereocenters. The second-order valence-corrected chi connectivity index (χ2v) is 11.2. The van der Waals surface area contributed by atoms with E-state index in [1.807, 2.05) is 31.4 Å². The number of carbonyl (C=O) groups is 1. The number of nitrogens with zero attached hydrogens (tertiary/aromatic N) is 1. The molecule has 7 nitrogen and oxygen atoms in total. The van der Waals surface area contributed by atoms with Crippen LogP contribution in [0.4, 0.5) is 5.69 Å². The number of carbonyl (C=O) groups excluding carboxylic acids is 1. The Bertz CT molecular complexity index is 1220. The van der Waals surface area contributed by atoms with Crippen molar-refractivity contribution in [1.29, 1.82) is 0 Å². The number of ether oxygens (including phenoxy) is 1. The normalized spacial score (nSPS) is 15.7. The van der Waals surface area contributed by atoms with Crippen molar-refractivity contribution in [3.63, 3.8) is 0 Å². The maximum absolute atomic E-state index is 13.0. The molecule has 0 aliphatic carbocycles. The van der Waals surface area contributed by atoms with Crippen LogP contribution >= 0.6 is 11.3 Å². The number of anilines is 1. The Morgan fingerprint density at radius 1 is 1.09 bits per heavy atom. The number of aryl methyl sites for hydroxylation is 2. The largest absolute Gasteiger partial charge is 0.379 e. The number of benzene rings is 2. The van der Waals surface area contributed by atoms with Crippen molar-refractivity contribution in [3.8, 4) is 0 Å². The van der Waals surface area contributed by atoms with Gasteiger partial charge in [0.25, 0.3) is 0 Å².